The van der Waals surface area contributed by atoms with Crippen molar-refractivity contribution in [2.75, 3.05) is 5.75 Å². The molecule has 10 heteroatoms. The zero-order valence-electron chi connectivity index (χ0n) is 14.4. The van der Waals surface area contributed by atoms with Gasteiger partial charge in [-0.25, -0.2) is 13.6 Å². The molecule has 0 saturated heterocycles. The van der Waals surface area contributed by atoms with Crippen LogP contribution in [-0.4, -0.2) is 43.2 Å². The van der Waals surface area contributed by atoms with Gasteiger partial charge in [0.05, 0.1) is 11.0 Å². The van der Waals surface area contributed by atoms with Gasteiger partial charge in [0, 0.05) is 0 Å². The van der Waals surface area contributed by atoms with Crippen LogP contribution in [0.1, 0.15) is 37.6 Å². The Kier molecular flexibility index (Phi) is 7.22. The van der Waals surface area contributed by atoms with Crippen LogP contribution in [0, 0.1) is 5.41 Å². The standard InChI is InChI=1S/C16H20F2O7S/c1-4-16(2,3)15(20)24-11-7-5-6-10(8-11)14(19)25-12(13(17)18)9-26(21,22)23/h5-8,12-13H,4,9H2,1-3H3,(H,21,22,23). The minimum atomic E-state index is -4.77. The molecule has 1 aromatic rings. The molecule has 0 spiro atoms. The third-order valence-corrected chi connectivity index (χ3v) is 4.38. The summed E-state index contributed by atoms with van der Waals surface area (Å²) < 4.78 is 65.4. The molecule has 146 valence electrons. The van der Waals surface area contributed by atoms with Gasteiger partial charge in [-0.05, 0) is 38.5 Å². The molecule has 0 bridgehead atoms. The number of rotatable bonds is 8. The maximum atomic E-state index is 12.8. The third-order valence-electron chi connectivity index (χ3n) is 3.63. The molecule has 0 aliphatic heterocycles. The van der Waals surface area contributed by atoms with Crippen molar-refractivity contribution in [3.63, 3.8) is 0 Å². The van der Waals surface area contributed by atoms with Gasteiger partial charge in [0.1, 0.15) is 11.5 Å². The lowest BCUT2D eigenvalue weighted by Gasteiger charge is -2.20. The first-order chi connectivity index (χ1) is 11.9. The Labute approximate surface area is 150 Å². The summed E-state index contributed by atoms with van der Waals surface area (Å²) in [5.74, 6) is -3.21. The van der Waals surface area contributed by atoms with Crippen LogP contribution in [0.25, 0.3) is 0 Å². The molecule has 1 rings (SSSR count). The van der Waals surface area contributed by atoms with E-state index in [9.17, 15) is 26.8 Å². The van der Waals surface area contributed by atoms with Crippen molar-refractivity contribution < 1.29 is 40.8 Å². The maximum Gasteiger partial charge on any atom is 0.338 e. The van der Waals surface area contributed by atoms with Crippen LogP contribution in [0.5, 0.6) is 5.75 Å². The van der Waals surface area contributed by atoms with Crippen molar-refractivity contribution in [2.45, 2.75) is 39.7 Å². The Morgan fingerprint density at radius 2 is 1.88 bits per heavy atom. The smallest absolute Gasteiger partial charge is 0.338 e. The van der Waals surface area contributed by atoms with Crippen LogP contribution in [0.3, 0.4) is 0 Å². The summed E-state index contributed by atoms with van der Waals surface area (Å²) in [4.78, 5) is 24.0. The average Bonchev–Trinajstić information content (AvgIpc) is 2.53. The molecule has 0 saturated carbocycles. The molecule has 26 heavy (non-hydrogen) atoms. The number of carbonyl (C=O) groups excluding carboxylic acids is 2. The maximum absolute atomic E-state index is 12.8. The lowest BCUT2D eigenvalue weighted by Crippen LogP contribution is -2.33. The van der Waals surface area contributed by atoms with Crippen molar-refractivity contribution in [3.8, 4) is 5.75 Å². The zero-order chi connectivity index (χ0) is 20.1. The van der Waals surface area contributed by atoms with Crippen LogP contribution >= 0.6 is 0 Å². The molecule has 0 aromatic heterocycles. The zero-order valence-corrected chi connectivity index (χ0v) is 15.3. The van der Waals surface area contributed by atoms with E-state index in [4.69, 9.17) is 9.29 Å². The lowest BCUT2D eigenvalue weighted by atomic mass is 9.91. The van der Waals surface area contributed by atoms with Gasteiger partial charge in [-0.1, -0.05) is 13.0 Å². The number of halogens is 2. The van der Waals surface area contributed by atoms with E-state index in [1.54, 1.807) is 20.8 Å². The Balaban J connectivity index is 2.92. The van der Waals surface area contributed by atoms with E-state index < -0.39 is 45.8 Å². The van der Waals surface area contributed by atoms with E-state index >= 15 is 0 Å². The number of carbonyl (C=O) groups is 2. The summed E-state index contributed by atoms with van der Waals surface area (Å²) in [5, 5.41) is 0. The molecule has 0 fully saturated rings. The van der Waals surface area contributed by atoms with Crippen LogP contribution in [0.4, 0.5) is 8.78 Å². The van der Waals surface area contributed by atoms with E-state index in [0.29, 0.717) is 6.42 Å². The second-order valence-electron chi connectivity index (χ2n) is 6.18. The van der Waals surface area contributed by atoms with Crippen molar-refractivity contribution >= 4 is 22.1 Å². The van der Waals surface area contributed by atoms with Gasteiger partial charge in [0.15, 0.2) is 6.10 Å². The van der Waals surface area contributed by atoms with E-state index in [1.807, 2.05) is 0 Å². The van der Waals surface area contributed by atoms with E-state index in [-0.39, 0.29) is 11.3 Å². The lowest BCUT2D eigenvalue weighted by molar-refractivity contribution is -0.144. The molecule has 0 radical (unpaired) electrons. The first-order valence-corrected chi connectivity index (χ1v) is 9.23. The number of hydrogen-bond donors (Lipinski definition) is 1. The normalized spacial score (nSPS) is 13.3. The highest BCUT2D eigenvalue weighted by Gasteiger charge is 2.31. The molecular formula is C16H20F2O7S. The number of ether oxygens (including phenoxy) is 2. The van der Waals surface area contributed by atoms with Crippen molar-refractivity contribution in [2.24, 2.45) is 5.41 Å². The van der Waals surface area contributed by atoms with Crippen LogP contribution in [0.15, 0.2) is 24.3 Å². The molecule has 0 aliphatic rings. The van der Waals surface area contributed by atoms with E-state index in [1.165, 1.54) is 18.2 Å². The molecule has 7 nitrogen and oxygen atoms in total. The van der Waals surface area contributed by atoms with Gasteiger partial charge in [0.2, 0.25) is 0 Å². The molecule has 1 aromatic carbocycles. The molecule has 1 atom stereocenters. The highest BCUT2D eigenvalue weighted by atomic mass is 32.2. The second-order valence-corrected chi connectivity index (χ2v) is 7.68. The van der Waals surface area contributed by atoms with Gasteiger partial charge in [-0.2, -0.15) is 8.42 Å². The summed E-state index contributed by atoms with van der Waals surface area (Å²) in [6.07, 6.45) is -5.13. The van der Waals surface area contributed by atoms with E-state index in [0.717, 1.165) is 6.07 Å². The number of alkyl halides is 2. The Bertz CT molecular complexity index is 760. The molecule has 0 heterocycles. The summed E-state index contributed by atoms with van der Waals surface area (Å²) in [5.41, 5.74) is -0.974. The van der Waals surface area contributed by atoms with Crippen LogP contribution in [-0.2, 0) is 19.6 Å². The van der Waals surface area contributed by atoms with Crippen LogP contribution in [0.2, 0.25) is 0 Å². The minimum Gasteiger partial charge on any atom is -0.451 e. The van der Waals surface area contributed by atoms with Crippen molar-refractivity contribution in [1.29, 1.82) is 0 Å². The third kappa shape index (κ3) is 6.68. The highest BCUT2D eigenvalue weighted by Crippen LogP contribution is 2.24. The van der Waals surface area contributed by atoms with Gasteiger partial charge >= 0.3 is 11.9 Å². The fraction of sp³-hybridized carbons (Fsp3) is 0.500. The number of hydrogen-bond acceptors (Lipinski definition) is 6. The largest absolute Gasteiger partial charge is 0.451 e. The molecule has 1 unspecified atom stereocenters. The first-order valence-electron chi connectivity index (χ1n) is 7.62. The van der Waals surface area contributed by atoms with Crippen molar-refractivity contribution in [3.05, 3.63) is 29.8 Å². The fourth-order valence-electron chi connectivity index (χ4n) is 1.65. The predicted octanol–water partition coefficient (Wildman–Crippen LogP) is 2.71. The molecule has 1 N–H and O–H groups in total. The predicted molar refractivity (Wildman–Crippen MR) is 87.8 cm³/mol. The van der Waals surface area contributed by atoms with Gasteiger partial charge in [-0.15, -0.1) is 0 Å². The summed E-state index contributed by atoms with van der Waals surface area (Å²) >= 11 is 0. The van der Waals surface area contributed by atoms with Gasteiger partial charge in [-0.3, -0.25) is 9.35 Å². The summed E-state index contributed by atoms with van der Waals surface area (Å²) in [7, 11) is -4.77. The molecular weight excluding hydrogens is 374 g/mol. The first kappa shape index (κ1) is 22.0. The van der Waals surface area contributed by atoms with Crippen LogP contribution < -0.4 is 4.74 Å². The minimum absolute atomic E-state index is 0.00866. The van der Waals surface area contributed by atoms with Gasteiger partial charge < -0.3 is 9.47 Å². The average molecular weight is 394 g/mol. The van der Waals surface area contributed by atoms with Crippen molar-refractivity contribution in [1.82, 2.24) is 0 Å². The van der Waals surface area contributed by atoms with Gasteiger partial charge in [0.25, 0.3) is 16.5 Å². The number of esters is 2. The quantitative estimate of drug-likeness (QED) is 0.410. The SMILES string of the molecule is CCC(C)(C)C(=O)Oc1cccc(C(=O)OC(CS(=O)(=O)O)C(F)F)c1. The Morgan fingerprint density at radius 1 is 1.27 bits per heavy atom. The Morgan fingerprint density at radius 3 is 2.38 bits per heavy atom. The number of benzene rings is 1. The fourth-order valence-corrected chi connectivity index (χ4v) is 2.28. The molecule has 0 amide bonds. The topological polar surface area (TPSA) is 107 Å². The Hall–Kier alpha value is -2.07. The summed E-state index contributed by atoms with van der Waals surface area (Å²) in [6.45, 7) is 5.15. The second kappa shape index (κ2) is 8.54. The van der Waals surface area contributed by atoms with E-state index in [2.05, 4.69) is 4.74 Å². The summed E-state index contributed by atoms with van der Waals surface area (Å²) in [6, 6.07) is 5.07. The monoisotopic (exact) mass is 394 g/mol. The highest BCUT2D eigenvalue weighted by molar-refractivity contribution is 7.85. The molecule has 0 aliphatic carbocycles.